The van der Waals surface area contributed by atoms with Crippen molar-refractivity contribution in [2.24, 2.45) is 0 Å². The smallest absolute Gasteiger partial charge is 0.325 e. The molecule has 1 amide bonds. The van der Waals surface area contributed by atoms with Crippen molar-refractivity contribution in [2.75, 3.05) is 5.32 Å². The van der Waals surface area contributed by atoms with E-state index in [1.807, 2.05) is 31.2 Å². The molecular formula is C18H17N4O5S+. The van der Waals surface area contributed by atoms with E-state index in [9.17, 15) is 19.7 Å². The summed E-state index contributed by atoms with van der Waals surface area (Å²) >= 11 is 1.04. The Bertz CT molecular complexity index is 1060. The van der Waals surface area contributed by atoms with Crippen LogP contribution in [-0.2, 0) is 4.79 Å². The van der Waals surface area contributed by atoms with Gasteiger partial charge in [-0.25, -0.2) is 4.79 Å². The molecule has 0 fully saturated rings. The molecule has 10 heteroatoms. The number of rotatable bonds is 6. The number of thioether (sulfide) groups is 1. The number of aromatic nitrogens is 2. The van der Waals surface area contributed by atoms with Crippen LogP contribution in [0, 0.1) is 17.0 Å². The number of H-pyrrole nitrogens is 1. The van der Waals surface area contributed by atoms with Gasteiger partial charge in [-0.05, 0) is 47.7 Å². The zero-order chi connectivity index (χ0) is 20.3. The second-order valence-corrected chi connectivity index (χ2v) is 7.34. The number of benzene rings is 2. The summed E-state index contributed by atoms with van der Waals surface area (Å²) in [6, 6.07) is 13.0. The Morgan fingerprint density at radius 3 is 2.46 bits per heavy atom. The van der Waals surface area contributed by atoms with E-state index >= 15 is 0 Å². The van der Waals surface area contributed by atoms with Crippen molar-refractivity contribution in [1.29, 1.82) is 0 Å². The molecule has 9 nitrogen and oxygen atoms in total. The van der Waals surface area contributed by atoms with Crippen LogP contribution in [0.25, 0.3) is 5.69 Å². The van der Waals surface area contributed by atoms with Crippen molar-refractivity contribution < 1.29 is 18.9 Å². The van der Waals surface area contributed by atoms with E-state index < -0.39 is 15.8 Å². The van der Waals surface area contributed by atoms with Crippen molar-refractivity contribution in [2.45, 2.75) is 24.1 Å². The molecule has 28 heavy (non-hydrogen) atoms. The lowest BCUT2D eigenvalue weighted by Crippen LogP contribution is -2.37. The van der Waals surface area contributed by atoms with Gasteiger partial charge in [0.05, 0.1) is 10.2 Å². The highest BCUT2D eigenvalue weighted by Gasteiger charge is 2.29. The first-order valence-electron chi connectivity index (χ1n) is 8.27. The van der Waals surface area contributed by atoms with Gasteiger partial charge in [0.1, 0.15) is 0 Å². The number of anilines is 1. The van der Waals surface area contributed by atoms with Crippen LogP contribution < -0.4 is 15.6 Å². The van der Waals surface area contributed by atoms with Gasteiger partial charge >= 0.3 is 10.7 Å². The Hall–Kier alpha value is -3.40. The van der Waals surface area contributed by atoms with E-state index in [4.69, 9.17) is 4.52 Å². The Labute approximate surface area is 163 Å². The Morgan fingerprint density at radius 2 is 1.86 bits per heavy atom. The van der Waals surface area contributed by atoms with Crippen LogP contribution in [0.1, 0.15) is 12.5 Å². The zero-order valence-corrected chi connectivity index (χ0v) is 15.9. The fraction of sp³-hybridized carbons (Fsp3) is 0.167. The summed E-state index contributed by atoms with van der Waals surface area (Å²) in [7, 11) is 0. The quantitative estimate of drug-likeness (QED) is 0.283. The Balaban J connectivity index is 1.74. The van der Waals surface area contributed by atoms with Crippen molar-refractivity contribution in [3.05, 3.63) is 74.6 Å². The largest absolute Gasteiger partial charge is 0.442 e. The monoisotopic (exact) mass is 401 g/mol. The molecule has 0 aliphatic carbocycles. The van der Waals surface area contributed by atoms with Crippen molar-refractivity contribution in [3.8, 4) is 5.69 Å². The minimum atomic E-state index is -0.620. The van der Waals surface area contributed by atoms with E-state index in [1.165, 1.54) is 28.9 Å². The SMILES string of the molecule is Cc1ccc(-[n+]2[nH]oc(=O)c2SC(C)C(=O)Nc2ccc([N+](=O)[O-])cc2)cc1. The maximum Gasteiger partial charge on any atom is 0.442 e. The minimum Gasteiger partial charge on any atom is -0.325 e. The van der Waals surface area contributed by atoms with E-state index in [0.717, 1.165) is 17.3 Å². The molecule has 0 saturated heterocycles. The standard InChI is InChI=1S/C18H16N4O5S/c1-11-3-7-14(8-4-11)21-17(18(24)27-20-21)28-12(2)16(23)19-13-5-9-15(10-6-13)22(25)26/h3-10,12H,1-2H3,(H-,19,20,23,24)/p+1. The number of hydrogen-bond acceptors (Lipinski definition) is 6. The summed E-state index contributed by atoms with van der Waals surface area (Å²) in [6.45, 7) is 3.60. The van der Waals surface area contributed by atoms with Gasteiger partial charge in [0.2, 0.25) is 11.6 Å². The molecule has 1 heterocycles. The third-order valence-corrected chi connectivity index (χ3v) is 5.04. The lowest BCUT2D eigenvalue weighted by atomic mass is 10.2. The van der Waals surface area contributed by atoms with Gasteiger partial charge in [-0.15, -0.1) is 0 Å². The van der Waals surface area contributed by atoms with Crippen molar-refractivity contribution in [3.63, 3.8) is 0 Å². The maximum absolute atomic E-state index is 12.4. The summed E-state index contributed by atoms with van der Waals surface area (Å²) in [5.41, 5.74) is 1.54. The molecule has 0 bridgehead atoms. The molecule has 144 valence electrons. The van der Waals surface area contributed by atoms with Crippen LogP contribution in [-0.4, -0.2) is 21.4 Å². The second kappa shape index (κ2) is 8.09. The van der Waals surface area contributed by atoms with Crippen molar-refractivity contribution >= 4 is 29.0 Å². The highest BCUT2D eigenvalue weighted by molar-refractivity contribution is 8.00. The molecule has 1 unspecified atom stereocenters. The summed E-state index contributed by atoms with van der Waals surface area (Å²) in [6.07, 6.45) is 0. The fourth-order valence-corrected chi connectivity index (χ4v) is 3.25. The van der Waals surface area contributed by atoms with Crippen molar-refractivity contribution in [1.82, 2.24) is 5.27 Å². The number of carbonyl (C=O) groups excluding carboxylic acids is 1. The number of carbonyl (C=O) groups is 1. The third-order valence-electron chi connectivity index (χ3n) is 3.90. The number of aryl methyl sites for hydroxylation is 1. The number of nitrogens with one attached hydrogen (secondary N) is 2. The van der Waals surface area contributed by atoms with Crippen LogP contribution in [0.15, 0.2) is 62.9 Å². The fourth-order valence-electron chi connectivity index (χ4n) is 2.36. The molecule has 0 spiro atoms. The van der Waals surface area contributed by atoms with E-state index in [0.29, 0.717) is 11.4 Å². The lowest BCUT2D eigenvalue weighted by molar-refractivity contribution is -0.704. The number of non-ortho nitro benzene ring substituents is 1. The number of nitrogens with zero attached hydrogens (tertiary/aromatic N) is 2. The molecule has 3 rings (SSSR count). The average Bonchev–Trinajstić information content (AvgIpc) is 3.03. The number of amides is 1. The lowest BCUT2D eigenvalue weighted by Gasteiger charge is -2.09. The highest BCUT2D eigenvalue weighted by atomic mass is 32.2. The third kappa shape index (κ3) is 4.29. The van der Waals surface area contributed by atoms with E-state index in [2.05, 4.69) is 10.6 Å². The van der Waals surface area contributed by atoms with Gasteiger partial charge in [-0.2, -0.15) is 0 Å². The normalized spacial score (nSPS) is 11.8. The number of aromatic amines is 1. The molecule has 1 atom stereocenters. The Kier molecular flexibility index (Phi) is 5.59. The van der Waals surface area contributed by atoms with Crippen LogP contribution in [0.5, 0.6) is 0 Å². The van der Waals surface area contributed by atoms with Gasteiger partial charge in [0.25, 0.3) is 5.69 Å². The number of hydrogen-bond donors (Lipinski definition) is 2. The van der Waals surface area contributed by atoms with Crippen LogP contribution in [0.3, 0.4) is 0 Å². The zero-order valence-electron chi connectivity index (χ0n) is 15.0. The molecule has 0 saturated carbocycles. The van der Waals surface area contributed by atoms with Crippen LogP contribution >= 0.6 is 11.8 Å². The first kappa shape index (κ1) is 19.4. The molecule has 3 aromatic rings. The number of nitro benzene ring substituents is 1. The van der Waals surface area contributed by atoms with Gasteiger partial charge in [-0.1, -0.05) is 17.7 Å². The summed E-state index contributed by atoms with van der Waals surface area (Å²) in [5.74, 6) is -0.352. The predicted molar refractivity (Wildman–Crippen MR) is 103 cm³/mol. The summed E-state index contributed by atoms with van der Waals surface area (Å²) in [5, 5.41) is 15.5. The van der Waals surface area contributed by atoms with Gasteiger partial charge in [-0.3, -0.25) is 19.4 Å². The highest BCUT2D eigenvalue weighted by Crippen LogP contribution is 2.21. The molecule has 1 aromatic heterocycles. The van der Waals surface area contributed by atoms with Crippen LogP contribution in [0.4, 0.5) is 11.4 Å². The van der Waals surface area contributed by atoms with Gasteiger partial charge in [0, 0.05) is 30.0 Å². The minimum absolute atomic E-state index is 0.0653. The van der Waals surface area contributed by atoms with Gasteiger partial charge in [0.15, 0.2) is 0 Å². The molecule has 2 aromatic carbocycles. The first-order chi connectivity index (χ1) is 13.3. The first-order valence-corrected chi connectivity index (χ1v) is 9.15. The van der Waals surface area contributed by atoms with Crippen LogP contribution in [0.2, 0.25) is 0 Å². The molecule has 2 N–H and O–H groups in total. The summed E-state index contributed by atoms with van der Waals surface area (Å²) < 4.78 is 6.36. The van der Waals surface area contributed by atoms with E-state index in [-0.39, 0.29) is 16.6 Å². The topological polar surface area (TPSA) is 122 Å². The molecule has 0 aliphatic rings. The second-order valence-electron chi connectivity index (χ2n) is 6.01. The summed E-state index contributed by atoms with van der Waals surface area (Å²) in [4.78, 5) is 34.7. The van der Waals surface area contributed by atoms with Gasteiger partial charge < -0.3 is 5.32 Å². The molecular weight excluding hydrogens is 384 g/mol. The average molecular weight is 401 g/mol. The molecule has 0 aliphatic heterocycles. The predicted octanol–water partition coefficient (Wildman–Crippen LogP) is 2.58. The Morgan fingerprint density at radius 1 is 1.21 bits per heavy atom. The maximum atomic E-state index is 12.4. The molecule has 0 radical (unpaired) electrons. The number of nitro groups is 1. The van der Waals surface area contributed by atoms with E-state index in [1.54, 1.807) is 6.92 Å².